The van der Waals surface area contributed by atoms with Crippen molar-refractivity contribution in [3.63, 3.8) is 0 Å². The van der Waals surface area contributed by atoms with Crippen LogP contribution >= 0.6 is 0 Å². The SMILES string of the molecule is CC.CCN(CC)c1ccc2c(c1)Oc1cc(N(CC)CC)ccc1C21NC(=O)c2ccccc21. The molecule has 0 unspecified atom stereocenters. The van der Waals surface area contributed by atoms with Gasteiger partial charge in [0.1, 0.15) is 17.0 Å². The van der Waals surface area contributed by atoms with Crippen LogP contribution in [0.25, 0.3) is 0 Å². The summed E-state index contributed by atoms with van der Waals surface area (Å²) in [4.78, 5) is 17.7. The van der Waals surface area contributed by atoms with Gasteiger partial charge in [-0.15, -0.1) is 0 Å². The number of carbonyl (C=O) groups excluding carboxylic acids is 1. The summed E-state index contributed by atoms with van der Waals surface area (Å²) >= 11 is 0. The molecule has 0 atom stereocenters. The first-order valence-electron chi connectivity index (χ1n) is 13.0. The van der Waals surface area contributed by atoms with Gasteiger partial charge in [-0.1, -0.05) is 44.2 Å². The summed E-state index contributed by atoms with van der Waals surface area (Å²) in [7, 11) is 0. The molecule has 1 spiro atoms. The lowest BCUT2D eigenvalue weighted by molar-refractivity contribution is 0.0947. The standard InChI is InChI=1S/C28H31N3O2.C2H6/c1-5-30(6-2)19-13-15-23-25(17-19)33-26-18-20(31(7-3)8-4)14-16-24(26)28(23)22-12-10-9-11-21(22)27(32)29-28;1-2/h9-18H,5-8H2,1-4H3,(H,29,32);1-2H3. The molecule has 5 rings (SSSR count). The molecule has 184 valence electrons. The molecule has 3 aromatic rings. The highest BCUT2D eigenvalue weighted by Crippen LogP contribution is 2.54. The van der Waals surface area contributed by atoms with E-state index in [9.17, 15) is 4.79 Å². The fraction of sp³-hybridized carbons (Fsp3) is 0.367. The van der Waals surface area contributed by atoms with Crippen LogP contribution in [0, 0.1) is 0 Å². The van der Waals surface area contributed by atoms with E-state index in [1.807, 2.05) is 32.0 Å². The van der Waals surface area contributed by atoms with Gasteiger partial charge < -0.3 is 19.9 Å². The van der Waals surface area contributed by atoms with Crippen LogP contribution in [0.3, 0.4) is 0 Å². The number of nitrogens with zero attached hydrogens (tertiary/aromatic N) is 2. The first-order chi connectivity index (χ1) is 17.1. The quantitative estimate of drug-likeness (QED) is 0.443. The second-order valence-electron chi connectivity index (χ2n) is 8.56. The van der Waals surface area contributed by atoms with Crippen molar-refractivity contribution >= 4 is 17.3 Å². The number of carbonyl (C=O) groups is 1. The highest BCUT2D eigenvalue weighted by atomic mass is 16.5. The summed E-state index contributed by atoms with van der Waals surface area (Å²) in [6.07, 6.45) is 0. The van der Waals surface area contributed by atoms with Crippen molar-refractivity contribution in [1.82, 2.24) is 5.32 Å². The van der Waals surface area contributed by atoms with Gasteiger partial charge >= 0.3 is 0 Å². The van der Waals surface area contributed by atoms with E-state index < -0.39 is 5.54 Å². The predicted octanol–water partition coefficient (Wildman–Crippen LogP) is 6.55. The lowest BCUT2D eigenvalue weighted by atomic mass is 9.75. The van der Waals surface area contributed by atoms with E-state index in [0.717, 1.165) is 71.3 Å². The Morgan fingerprint density at radius 2 is 1.20 bits per heavy atom. The molecule has 0 radical (unpaired) electrons. The molecule has 0 fully saturated rings. The molecular formula is C30H37N3O2. The number of nitrogens with one attached hydrogen (secondary N) is 1. The highest BCUT2D eigenvalue weighted by molar-refractivity contribution is 6.02. The van der Waals surface area contributed by atoms with Crippen molar-refractivity contribution in [3.05, 3.63) is 82.9 Å². The maximum Gasteiger partial charge on any atom is 0.252 e. The molecule has 5 nitrogen and oxygen atoms in total. The van der Waals surface area contributed by atoms with E-state index in [4.69, 9.17) is 4.74 Å². The Hall–Kier alpha value is -3.47. The van der Waals surface area contributed by atoms with Crippen LogP contribution in [-0.4, -0.2) is 32.1 Å². The van der Waals surface area contributed by atoms with E-state index in [-0.39, 0.29) is 5.91 Å². The first kappa shape index (κ1) is 24.6. The smallest absolute Gasteiger partial charge is 0.252 e. The Labute approximate surface area is 209 Å². The number of hydrogen-bond donors (Lipinski definition) is 1. The molecule has 0 bridgehead atoms. The van der Waals surface area contributed by atoms with Gasteiger partial charge in [-0.25, -0.2) is 0 Å². The van der Waals surface area contributed by atoms with Crippen molar-refractivity contribution < 1.29 is 9.53 Å². The number of amides is 1. The van der Waals surface area contributed by atoms with Gasteiger partial charge in [-0.05, 0) is 51.5 Å². The van der Waals surface area contributed by atoms with Crippen LogP contribution in [-0.2, 0) is 5.54 Å². The Morgan fingerprint density at radius 3 is 1.69 bits per heavy atom. The number of benzene rings is 3. The third-order valence-corrected chi connectivity index (χ3v) is 7.09. The molecule has 2 heterocycles. The first-order valence-corrected chi connectivity index (χ1v) is 13.0. The number of hydrogen-bond acceptors (Lipinski definition) is 4. The summed E-state index contributed by atoms with van der Waals surface area (Å²) < 4.78 is 6.57. The molecule has 2 aliphatic heterocycles. The minimum absolute atomic E-state index is 0.0509. The van der Waals surface area contributed by atoms with Gasteiger partial charge in [0.2, 0.25) is 0 Å². The minimum atomic E-state index is -0.764. The molecule has 1 amide bonds. The number of ether oxygens (including phenoxy) is 1. The molecule has 35 heavy (non-hydrogen) atoms. The second kappa shape index (κ2) is 10.0. The Balaban J connectivity index is 0.00000141. The van der Waals surface area contributed by atoms with E-state index in [1.54, 1.807) is 0 Å². The molecule has 5 heteroatoms. The number of rotatable bonds is 6. The third kappa shape index (κ3) is 3.83. The second-order valence-corrected chi connectivity index (χ2v) is 8.56. The zero-order chi connectivity index (χ0) is 25.2. The van der Waals surface area contributed by atoms with Gasteiger partial charge in [0.15, 0.2) is 0 Å². The van der Waals surface area contributed by atoms with Gasteiger partial charge in [-0.3, -0.25) is 4.79 Å². The molecule has 0 saturated carbocycles. The normalized spacial score (nSPS) is 14.1. The molecule has 0 aliphatic carbocycles. The van der Waals surface area contributed by atoms with Crippen molar-refractivity contribution in [3.8, 4) is 11.5 Å². The van der Waals surface area contributed by atoms with Crippen LogP contribution in [0.2, 0.25) is 0 Å². The largest absolute Gasteiger partial charge is 0.456 e. The number of fused-ring (bicyclic) bond motifs is 6. The van der Waals surface area contributed by atoms with Crippen LogP contribution in [0.15, 0.2) is 60.7 Å². The minimum Gasteiger partial charge on any atom is -0.456 e. The average molecular weight is 472 g/mol. The summed E-state index contributed by atoms with van der Waals surface area (Å²) in [5, 5.41) is 3.35. The van der Waals surface area contributed by atoms with E-state index >= 15 is 0 Å². The molecule has 0 aromatic heterocycles. The van der Waals surface area contributed by atoms with Gasteiger partial charge in [-0.2, -0.15) is 0 Å². The molecule has 1 N–H and O–H groups in total. The summed E-state index contributed by atoms with van der Waals surface area (Å²) in [5.41, 5.74) is 5.12. The lowest BCUT2D eigenvalue weighted by Crippen LogP contribution is -2.43. The van der Waals surface area contributed by atoms with Crippen molar-refractivity contribution in [2.45, 2.75) is 47.1 Å². The van der Waals surface area contributed by atoms with E-state index in [0.29, 0.717) is 0 Å². The van der Waals surface area contributed by atoms with E-state index in [1.165, 1.54) is 0 Å². The summed E-state index contributed by atoms with van der Waals surface area (Å²) in [6, 6.07) is 20.6. The molecule has 0 saturated heterocycles. The molecular weight excluding hydrogens is 434 g/mol. The Bertz CT molecular complexity index is 1150. The van der Waals surface area contributed by atoms with Gasteiger partial charge in [0, 0.05) is 66.4 Å². The zero-order valence-corrected chi connectivity index (χ0v) is 21.8. The Kier molecular flexibility index (Phi) is 7.06. The summed E-state index contributed by atoms with van der Waals surface area (Å²) in [6.45, 7) is 16.3. The van der Waals surface area contributed by atoms with Crippen molar-refractivity contribution in [2.24, 2.45) is 0 Å². The molecule has 3 aromatic carbocycles. The maximum absolute atomic E-state index is 13.1. The fourth-order valence-corrected chi connectivity index (χ4v) is 5.38. The maximum atomic E-state index is 13.1. The van der Waals surface area contributed by atoms with Gasteiger partial charge in [0.25, 0.3) is 5.91 Å². The van der Waals surface area contributed by atoms with Crippen LogP contribution in [0.4, 0.5) is 11.4 Å². The van der Waals surface area contributed by atoms with Crippen LogP contribution < -0.4 is 19.9 Å². The van der Waals surface area contributed by atoms with Crippen LogP contribution in [0.1, 0.15) is 68.6 Å². The fourth-order valence-electron chi connectivity index (χ4n) is 5.38. The topological polar surface area (TPSA) is 44.8 Å². The van der Waals surface area contributed by atoms with E-state index in [2.05, 4.69) is 85.3 Å². The van der Waals surface area contributed by atoms with Crippen molar-refractivity contribution in [1.29, 1.82) is 0 Å². The van der Waals surface area contributed by atoms with Crippen LogP contribution in [0.5, 0.6) is 11.5 Å². The van der Waals surface area contributed by atoms with Crippen molar-refractivity contribution in [2.75, 3.05) is 36.0 Å². The number of anilines is 2. The monoisotopic (exact) mass is 471 g/mol. The highest BCUT2D eigenvalue weighted by Gasteiger charge is 2.51. The predicted molar refractivity (Wildman–Crippen MR) is 145 cm³/mol. The van der Waals surface area contributed by atoms with Gasteiger partial charge in [0.05, 0.1) is 0 Å². The molecule has 2 aliphatic rings. The summed E-state index contributed by atoms with van der Waals surface area (Å²) in [5.74, 6) is 1.53. The zero-order valence-electron chi connectivity index (χ0n) is 21.8. The third-order valence-electron chi connectivity index (χ3n) is 7.09. The lowest BCUT2D eigenvalue weighted by Gasteiger charge is -2.39. The average Bonchev–Trinajstić information content (AvgIpc) is 3.19. The Morgan fingerprint density at radius 1 is 0.714 bits per heavy atom.